The van der Waals surface area contributed by atoms with E-state index in [2.05, 4.69) is 11.3 Å². The molecule has 0 aliphatic rings. The number of aliphatic hydroxyl groups is 1. The first-order valence-corrected chi connectivity index (χ1v) is 2.11. The van der Waals surface area contributed by atoms with Crippen LogP contribution in [0.25, 0.3) is 0 Å². The Bertz CT molecular complexity index is 158. The molecule has 0 spiro atoms. The Morgan fingerprint density at radius 2 is 2.56 bits per heavy atom. The van der Waals surface area contributed by atoms with Gasteiger partial charge in [0.05, 0.1) is 0 Å². The van der Waals surface area contributed by atoms with Gasteiger partial charge in [0.25, 0.3) is 6.29 Å². The van der Waals surface area contributed by atoms with Gasteiger partial charge in [-0.2, -0.15) is 5.26 Å². The molecule has 0 amide bonds. The fourth-order valence-corrected chi connectivity index (χ4v) is 0.184. The van der Waals surface area contributed by atoms with Crippen LogP contribution in [0.15, 0.2) is 12.7 Å². The molecule has 4 heteroatoms. The maximum absolute atomic E-state index is 10.1. The molecule has 0 aromatic rings. The molecule has 48 valence electrons. The summed E-state index contributed by atoms with van der Waals surface area (Å²) < 4.78 is 3.99. The molecule has 0 aliphatic carbocycles. The highest BCUT2D eigenvalue weighted by molar-refractivity contribution is 5.81. The zero-order valence-electron chi connectivity index (χ0n) is 4.57. The Morgan fingerprint density at radius 3 is 2.89 bits per heavy atom. The topological polar surface area (TPSA) is 70.3 Å². The Kier molecular flexibility index (Phi) is 3.09. The van der Waals surface area contributed by atoms with Crippen LogP contribution in [0.1, 0.15) is 0 Å². The van der Waals surface area contributed by atoms with Gasteiger partial charge in [-0.3, -0.25) is 0 Å². The maximum Gasteiger partial charge on any atom is 0.333 e. The van der Waals surface area contributed by atoms with Crippen molar-refractivity contribution >= 4 is 5.97 Å². The van der Waals surface area contributed by atoms with Crippen molar-refractivity contribution in [2.75, 3.05) is 0 Å². The van der Waals surface area contributed by atoms with Crippen LogP contribution in [0.3, 0.4) is 0 Å². The number of aliphatic hydroxyl groups excluding tert-OH is 1. The lowest BCUT2D eigenvalue weighted by Gasteiger charge is -1.98. The fraction of sp³-hybridized carbons (Fsp3) is 0.200. The summed E-state index contributed by atoms with van der Waals surface area (Å²) in [6, 6.07) is 1.29. The lowest BCUT2D eigenvalue weighted by molar-refractivity contribution is -0.153. The minimum atomic E-state index is -1.68. The number of nitrogens with zero attached hydrogens (tertiary/aromatic N) is 1. The van der Waals surface area contributed by atoms with Gasteiger partial charge in [-0.1, -0.05) is 6.58 Å². The highest BCUT2D eigenvalue weighted by atomic mass is 16.6. The largest absolute Gasteiger partial charge is 0.419 e. The quantitative estimate of drug-likeness (QED) is 0.236. The normalized spacial score (nSPS) is 11.1. The first-order chi connectivity index (χ1) is 4.20. The van der Waals surface area contributed by atoms with Crippen molar-refractivity contribution in [2.45, 2.75) is 6.29 Å². The van der Waals surface area contributed by atoms with E-state index in [-0.39, 0.29) is 0 Å². The number of nitriles is 1. The third-order valence-electron chi connectivity index (χ3n) is 0.505. The smallest absolute Gasteiger partial charge is 0.333 e. The zero-order valence-corrected chi connectivity index (χ0v) is 4.57. The van der Waals surface area contributed by atoms with Gasteiger partial charge in [-0.15, -0.1) is 0 Å². The fourth-order valence-electron chi connectivity index (χ4n) is 0.184. The summed E-state index contributed by atoms with van der Waals surface area (Å²) >= 11 is 0. The molecule has 0 saturated heterocycles. The molecule has 0 heterocycles. The molecule has 0 bridgehead atoms. The van der Waals surface area contributed by atoms with Crippen molar-refractivity contribution in [3.8, 4) is 6.07 Å². The van der Waals surface area contributed by atoms with Crippen LogP contribution in [0.4, 0.5) is 0 Å². The Hall–Kier alpha value is -1.34. The van der Waals surface area contributed by atoms with Crippen LogP contribution in [0, 0.1) is 11.3 Å². The van der Waals surface area contributed by atoms with Crippen molar-refractivity contribution in [1.29, 1.82) is 5.26 Å². The van der Waals surface area contributed by atoms with Crippen molar-refractivity contribution in [2.24, 2.45) is 0 Å². The van der Waals surface area contributed by atoms with E-state index >= 15 is 0 Å². The predicted molar refractivity (Wildman–Crippen MR) is 27.9 cm³/mol. The molecule has 0 fully saturated rings. The van der Waals surface area contributed by atoms with Crippen molar-refractivity contribution < 1.29 is 14.6 Å². The molecule has 0 radical (unpaired) electrons. The predicted octanol–water partition coefficient (Wildman–Crippen LogP) is -0.442. The van der Waals surface area contributed by atoms with Crippen molar-refractivity contribution in [3.05, 3.63) is 12.7 Å². The van der Waals surface area contributed by atoms with E-state index in [1.54, 1.807) is 0 Å². The number of esters is 1. The second kappa shape index (κ2) is 3.64. The number of hydrogen-bond donors (Lipinski definition) is 1. The van der Waals surface area contributed by atoms with Crippen molar-refractivity contribution in [1.82, 2.24) is 0 Å². The minimum absolute atomic E-state index is 0.816. The molecule has 0 aromatic carbocycles. The highest BCUT2D eigenvalue weighted by Crippen LogP contribution is 1.84. The van der Waals surface area contributed by atoms with E-state index in [9.17, 15) is 4.79 Å². The standard InChI is InChI=1S/C5H5NO3/c1-2-4(7)9-5(8)3-6/h2,5,8H,1H2. The van der Waals surface area contributed by atoms with Crippen molar-refractivity contribution in [3.63, 3.8) is 0 Å². The molecule has 1 N–H and O–H groups in total. The molecule has 0 saturated carbocycles. The number of carbonyl (C=O) groups excluding carboxylic acids is 1. The molecule has 1 unspecified atom stereocenters. The molecule has 0 aliphatic heterocycles. The number of carbonyl (C=O) groups is 1. The molecular weight excluding hydrogens is 122 g/mol. The Balaban J connectivity index is 3.62. The number of hydrogen-bond acceptors (Lipinski definition) is 4. The summed E-state index contributed by atoms with van der Waals surface area (Å²) in [6.45, 7) is 3.05. The van der Waals surface area contributed by atoms with E-state index in [0.717, 1.165) is 6.08 Å². The molecule has 0 rings (SSSR count). The van der Waals surface area contributed by atoms with Crippen LogP contribution < -0.4 is 0 Å². The Morgan fingerprint density at radius 1 is 2.00 bits per heavy atom. The summed E-state index contributed by atoms with van der Waals surface area (Å²) in [5, 5.41) is 16.2. The van der Waals surface area contributed by atoms with E-state index in [4.69, 9.17) is 10.4 Å². The molecular formula is C5H5NO3. The third-order valence-corrected chi connectivity index (χ3v) is 0.505. The first-order valence-electron chi connectivity index (χ1n) is 2.11. The van der Waals surface area contributed by atoms with E-state index < -0.39 is 12.3 Å². The Labute approximate surface area is 52.0 Å². The van der Waals surface area contributed by atoms with Crippen LogP contribution in [-0.4, -0.2) is 17.4 Å². The van der Waals surface area contributed by atoms with Crippen LogP contribution in [-0.2, 0) is 9.53 Å². The van der Waals surface area contributed by atoms with Gasteiger partial charge in [0, 0.05) is 6.08 Å². The molecule has 9 heavy (non-hydrogen) atoms. The van der Waals surface area contributed by atoms with E-state index in [1.807, 2.05) is 0 Å². The van der Waals surface area contributed by atoms with E-state index in [1.165, 1.54) is 6.07 Å². The van der Waals surface area contributed by atoms with Gasteiger partial charge >= 0.3 is 5.97 Å². The van der Waals surface area contributed by atoms with Gasteiger partial charge in [0.15, 0.2) is 0 Å². The monoisotopic (exact) mass is 127 g/mol. The van der Waals surface area contributed by atoms with E-state index in [0.29, 0.717) is 0 Å². The van der Waals surface area contributed by atoms with Crippen LogP contribution in [0.2, 0.25) is 0 Å². The molecule has 0 aromatic heterocycles. The van der Waals surface area contributed by atoms with Crippen LogP contribution in [0.5, 0.6) is 0 Å². The maximum atomic E-state index is 10.1. The summed E-state index contributed by atoms with van der Waals surface area (Å²) in [6.07, 6.45) is -0.823. The minimum Gasteiger partial charge on any atom is -0.419 e. The SMILES string of the molecule is C=CC(=O)OC(O)C#N. The average Bonchev–Trinajstić information content (AvgIpc) is 1.87. The molecule has 4 nitrogen and oxygen atoms in total. The van der Waals surface area contributed by atoms with Gasteiger partial charge in [-0.05, 0) is 0 Å². The van der Waals surface area contributed by atoms with Gasteiger partial charge in [0.2, 0.25) is 0 Å². The summed E-state index contributed by atoms with van der Waals surface area (Å²) in [4.78, 5) is 10.1. The third kappa shape index (κ3) is 3.26. The van der Waals surface area contributed by atoms with Crippen LogP contribution >= 0.6 is 0 Å². The molecule has 1 atom stereocenters. The van der Waals surface area contributed by atoms with Gasteiger partial charge < -0.3 is 9.84 Å². The summed E-state index contributed by atoms with van der Waals surface area (Å²) in [5.41, 5.74) is 0. The number of rotatable bonds is 2. The van der Waals surface area contributed by atoms with Gasteiger partial charge in [0.1, 0.15) is 6.07 Å². The second-order valence-electron chi connectivity index (χ2n) is 1.12. The number of ether oxygens (including phenoxy) is 1. The van der Waals surface area contributed by atoms with Gasteiger partial charge in [-0.25, -0.2) is 4.79 Å². The summed E-state index contributed by atoms with van der Waals surface area (Å²) in [7, 11) is 0. The average molecular weight is 127 g/mol. The first kappa shape index (κ1) is 7.66. The lowest BCUT2D eigenvalue weighted by Crippen LogP contribution is -2.12. The highest BCUT2D eigenvalue weighted by Gasteiger charge is 2.03. The summed E-state index contributed by atoms with van der Waals surface area (Å²) in [5.74, 6) is -0.816. The second-order valence-corrected chi connectivity index (χ2v) is 1.12. The zero-order chi connectivity index (χ0) is 7.28. The lowest BCUT2D eigenvalue weighted by atomic mass is 10.6.